The van der Waals surface area contributed by atoms with Gasteiger partial charge in [0.05, 0.1) is 12.6 Å². The van der Waals surface area contributed by atoms with E-state index in [4.69, 9.17) is 0 Å². The van der Waals surface area contributed by atoms with E-state index >= 15 is 0 Å². The van der Waals surface area contributed by atoms with E-state index in [2.05, 4.69) is 22.1 Å². The van der Waals surface area contributed by atoms with E-state index in [1.54, 1.807) is 29.8 Å². The quantitative estimate of drug-likeness (QED) is 0.759. The third-order valence-electron chi connectivity index (χ3n) is 3.37. The van der Waals surface area contributed by atoms with Gasteiger partial charge in [0.1, 0.15) is 0 Å². The number of nitrogens with zero attached hydrogens (tertiary/aromatic N) is 3. The lowest BCUT2D eigenvalue weighted by molar-refractivity contribution is 0.183. The zero-order valence-electron chi connectivity index (χ0n) is 12.0. The highest BCUT2D eigenvalue weighted by Crippen LogP contribution is 2.20. The standard InChI is InChI=1S/C17H17N3OS/c21-16(15-7-10-22-13-15)12-20(17-18-8-4-9-19-17)11-14-5-2-1-3-6-14/h1-10,13,16,21H,11-12H2. The van der Waals surface area contributed by atoms with Gasteiger partial charge >= 0.3 is 0 Å². The van der Waals surface area contributed by atoms with Crippen LogP contribution >= 0.6 is 11.3 Å². The second-order valence-electron chi connectivity index (χ2n) is 4.99. The molecule has 1 aromatic carbocycles. The van der Waals surface area contributed by atoms with Gasteiger partial charge in [-0.2, -0.15) is 11.3 Å². The number of aromatic nitrogens is 2. The van der Waals surface area contributed by atoms with Crippen LogP contribution in [-0.2, 0) is 6.54 Å². The van der Waals surface area contributed by atoms with Gasteiger partial charge in [0.2, 0.25) is 5.95 Å². The van der Waals surface area contributed by atoms with Gasteiger partial charge in [-0.1, -0.05) is 30.3 Å². The summed E-state index contributed by atoms with van der Waals surface area (Å²) in [4.78, 5) is 10.6. The maximum atomic E-state index is 10.4. The Bertz CT molecular complexity index is 674. The predicted molar refractivity (Wildman–Crippen MR) is 88.8 cm³/mol. The Balaban J connectivity index is 1.80. The maximum absolute atomic E-state index is 10.4. The van der Waals surface area contributed by atoms with E-state index in [-0.39, 0.29) is 0 Å². The molecule has 112 valence electrons. The van der Waals surface area contributed by atoms with Crippen LogP contribution in [0.15, 0.2) is 65.6 Å². The number of hydrogen-bond acceptors (Lipinski definition) is 5. The Morgan fingerprint density at radius 2 is 1.82 bits per heavy atom. The van der Waals surface area contributed by atoms with Crippen molar-refractivity contribution < 1.29 is 5.11 Å². The first-order valence-electron chi connectivity index (χ1n) is 7.09. The van der Waals surface area contributed by atoms with E-state index in [9.17, 15) is 5.11 Å². The Hall–Kier alpha value is -2.24. The van der Waals surface area contributed by atoms with Crippen molar-refractivity contribution in [3.8, 4) is 0 Å². The minimum atomic E-state index is -0.557. The average molecular weight is 311 g/mol. The van der Waals surface area contributed by atoms with Crippen LogP contribution in [0.3, 0.4) is 0 Å². The molecule has 0 amide bonds. The largest absolute Gasteiger partial charge is 0.387 e. The lowest BCUT2D eigenvalue weighted by Gasteiger charge is -2.25. The maximum Gasteiger partial charge on any atom is 0.225 e. The Morgan fingerprint density at radius 3 is 2.50 bits per heavy atom. The van der Waals surface area contributed by atoms with E-state index in [0.29, 0.717) is 19.0 Å². The van der Waals surface area contributed by atoms with Crippen molar-refractivity contribution in [1.29, 1.82) is 0 Å². The first-order valence-corrected chi connectivity index (χ1v) is 8.03. The van der Waals surface area contributed by atoms with Crippen LogP contribution in [0.1, 0.15) is 17.2 Å². The second-order valence-corrected chi connectivity index (χ2v) is 5.77. The van der Waals surface area contributed by atoms with Crippen LogP contribution in [-0.4, -0.2) is 21.6 Å². The monoisotopic (exact) mass is 311 g/mol. The van der Waals surface area contributed by atoms with E-state index in [1.807, 2.05) is 39.9 Å². The summed E-state index contributed by atoms with van der Waals surface area (Å²) in [6, 6.07) is 13.9. The molecule has 0 aliphatic carbocycles. The molecule has 5 heteroatoms. The van der Waals surface area contributed by atoms with Crippen LogP contribution < -0.4 is 4.90 Å². The molecule has 1 unspecified atom stereocenters. The fraction of sp³-hybridized carbons (Fsp3) is 0.176. The average Bonchev–Trinajstić information content (AvgIpc) is 3.11. The first kappa shape index (κ1) is 14.7. The molecular formula is C17H17N3OS. The minimum Gasteiger partial charge on any atom is -0.387 e. The third kappa shape index (κ3) is 3.69. The number of anilines is 1. The van der Waals surface area contributed by atoms with E-state index in [0.717, 1.165) is 11.1 Å². The summed E-state index contributed by atoms with van der Waals surface area (Å²) >= 11 is 1.59. The molecule has 0 radical (unpaired) electrons. The van der Waals surface area contributed by atoms with E-state index < -0.39 is 6.10 Å². The van der Waals surface area contributed by atoms with Crippen LogP contribution in [0.4, 0.5) is 5.95 Å². The number of aliphatic hydroxyl groups excluding tert-OH is 1. The highest BCUT2D eigenvalue weighted by Gasteiger charge is 2.16. The highest BCUT2D eigenvalue weighted by molar-refractivity contribution is 7.07. The van der Waals surface area contributed by atoms with Crippen LogP contribution in [0.2, 0.25) is 0 Å². The molecule has 0 aliphatic heterocycles. The Labute approximate surface area is 133 Å². The van der Waals surface area contributed by atoms with Crippen molar-refractivity contribution in [2.45, 2.75) is 12.6 Å². The summed E-state index contributed by atoms with van der Waals surface area (Å²) in [7, 11) is 0. The molecule has 0 spiro atoms. The summed E-state index contributed by atoms with van der Waals surface area (Å²) in [6.45, 7) is 1.11. The van der Waals surface area contributed by atoms with Gasteiger partial charge in [-0.15, -0.1) is 0 Å². The fourth-order valence-electron chi connectivity index (χ4n) is 2.25. The molecule has 3 rings (SSSR count). The first-order chi connectivity index (χ1) is 10.8. The normalized spacial score (nSPS) is 12.0. The van der Waals surface area contributed by atoms with Gasteiger partial charge in [-0.05, 0) is 34.0 Å². The molecule has 1 N–H and O–H groups in total. The molecule has 0 saturated carbocycles. The molecule has 0 bridgehead atoms. The van der Waals surface area contributed by atoms with Gasteiger partial charge < -0.3 is 10.0 Å². The number of thiophene rings is 1. The fourth-order valence-corrected chi connectivity index (χ4v) is 2.96. The number of benzene rings is 1. The van der Waals surface area contributed by atoms with Crippen LogP contribution in [0, 0.1) is 0 Å². The smallest absolute Gasteiger partial charge is 0.225 e. The predicted octanol–water partition coefficient (Wildman–Crippen LogP) is 3.28. The van der Waals surface area contributed by atoms with Gasteiger partial charge in [0, 0.05) is 18.9 Å². The number of hydrogen-bond donors (Lipinski definition) is 1. The summed E-state index contributed by atoms with van der Waals surface area (Å²) in [5.74, 6) is 0.626. The van der Waals surface area contributed by atoms with Crippen molar-refractivity contribution >= 4 is 17.3 Å². The van der Waals surface area contributed by atoms with Crippen molar-refractivity contribution in [1.82, 2.24) is 9.97 Å². The zero-order valence-corrected chi connectivity index (χ0v) is 12.9. The lowest BCUT2D eigenvalue weighted by atomic mass is 10.1. The molecule has 3 aromatic rings. The highest BCUT2D eigenvalue weighted by atomic mass is 32.1. The van der Waals surface area contributed by atoms with Gasteiger partial charge in [0.25, 0.3) is 0 Å². The topological polar surface area (TPSA) is 49.2 Å². The van der Waals surface area contributed by atoms with Crippen molar-refractivity contribution in [3.63, 3.8) is 0 Å². The number of aliphatic hydroxyl groups is 1. The van der Waals surface area contributed by atoms with Gasteiger partial charge in [-0.25, -0.2) is 9.97 Å². The molecule has 0 fully saturated rings. The molecule has 2 heterocycles. The van der Waals surface area contributed by atoms with Crippen molar-refractivity contribution in [3.05, 3.63) is 76.7 Å². The van der Waals surface area contributed by atoms with E-state index in [1.165, 1.54) is 0 Å². The number of rotatable bonds is 6. The summed E-state index contributed by atoms with van der Waals surface area (Å²) in [5.41, 5.74) is 2.09. The SMILES string of the molecule is OC(CN(Cc1ccccc1)c1ncccn1)c1ccsc1. The Kier molecular flexibility index (Phi) is 4.78. The molecular weight excluding hydrogens is 294 g/mol. The molecule has 22 heavy (non-hydrogen) atoms. The molecule has 1 atom stereocenters. The zero-order chi connectivity index (χ0) is 15.2. The summed E-state index contributed by atoms with van der Waals surface area (Å²) in [5, 5.41) is 14.4. The van der Waals surface area contributed by atoms with Crippen molar-refractivity contribution in [2.24, 2.45) is 0 Å². The summed E-state index contributed by atoms with van der Waals surface area (Å²) in [6.07, 6.45) is 2.88. The minimum absolute atomic E-state index is 0.454. The molecule has 2 aromatic heterocycles. The lowest BCUT2D eigenvalue weighted by Crippen LogP contribution is -2.29. The summed E-state index contributed by atoms with van der Waals surface area (Å²) < 4.78 is 0. The van der Waals surface area contributed by atoms with Crippen LogP contribution in [0.5, 0.6) is 0 Å². The Morgan fingerprint density at radius 1 is 1.05 bits per heavy atom. The molecule has 4 nitrogen and oxygen atoms in total. The third-order valence-corrected chi connectivity index (χ3v) is 4.07. The molecule has 0 aliphatic rings. The second kappa shape index (κ2) is 7.15. The van der Waals surface area contributed by atoms with Gasteiger partial charge in [0.15, 0.2) is 0 Å². The van der Waals surface area contributed by atoms with Crippen molar-refractivity contribution in [2.75, 3.05) is 11.4 Å². The van der Waals surface area contributed by atoms with Gasteiger partial charge in [-0.3, -0.25) is 0 Å². The van der Waals surface area contributed by atoms with Crippen LogP contribution in [0.25, 0.3) is 0 Å². The molecule has 0 saturated heterocycles.